The maximum Gasteiger partial charge on any atom is 0.304 e. The van der Waals surface area contributed by atoms with E-state index in [4.69, 9.17) is 5.11 Å². The molecule has 0 aliphatic heterocycles. The van der Waals surface area contributed by atoms with Gasteiger partial charge in [-0.25, -0.2) is 0 Å². The summed E-state index contributed by atoms with van der Waals surface area (Å²) in [7, 11) is 0. The molecule has 1 atom stereocenters. The molecule has 1 unspecified atom stereocenters. The molecule has 0 radical (unpaired) electrons. The van der Waals surface area contributed by atoms with Gasteiger partial charge in [0.1, 0.15) is 0 Å². The summed E-state index contributed by atoms with van der Waals surface area (Å²) in [6.45, 7) is 2.09. The normalized spacial score (nSPS) is 15.4. The molecule has 4 nitrogen and oxygen atoms in total. The van der Waals surface area contributed by atoms with Crippen molar-refractivity contribution in [1.82, 2.24) is 5.32 Å². The number of nitrogens with one attached hydrogen (secondary N) is 1. The first-order valence-corrected chi connectivity index (χ1v) is 7.19. The highest BCUT2D eigenvalue weighted by Gasteiger charge is 2.17. The molecular formula is C16H21NO3. The van der Waals surface area contributed by atoms with Crippen LogP contribution in [0.4, 0.5) is 0 Å². The van der Waals surface area contributed by atoms with Crippen LogP contribution in [0.2, 0.25) is 0 Å². The molecule has 20 heavy (non-hydrogen) atoms. The summed E-state index contributed by atoms with van der Waals surface area (Å²) in [5.41, 5.74) is 3.38. The lowest BCUT2D eigenvalue weighted by Gasteiger charge is -2.18. The largest absolute Gasteiger partial charge is 0.481 e. The molecule has 2 rings (SSSR count). The minimum absolute atomic E-state index is 0.0296. The van der Waals surface area contributed by atoms with Gasteiger partial charge in [-0.15, -0.1) is 0 Å². The van der Waals surface area contributed by atoms with Crippen molar-refractivity contribution in [1.29, 1.82) is 0 Å². The molecule has 1 aromatic carbocycles. The fraction of sp³-hybridized carbons (Fsp3) is 0.500. The second kappa shape index (κ2) is 6.66. The Morgan fingerprint density at radius 3 is 2.65 bits per heavy atom. The van der Waals surface area contributed by atoms with E-state index in [1.165, 1.54) is 24.0 Å². The molecule has 1 aliphatic carbocycles. The molecule has 0 spiro atoms. The SMILES string of the molecule is CC(NCCC(=O)O)C(=O)c1ccc2c(c1)CCCC2. The van der Waals surface area contributed by atoms with Gasteiger partial charge in [-0.05, 0) is 49.8 Å². The van der Waals surface area contributed by atoms with Crippen LogP contribution in [0.15, 0.2) is 18.2 Å². The number of ketones is 1. The van der Waals surface area contributed by atoms with Crippen LogP contribution < -0.4 is 5.32 Å². The highest BCUT2D eigenvalue weighted by atomic mass is 16.4. The lowest BCUT2D eigenvalue weighted by atomic mass is 9.89. The smallest absolute Gasteiger partial charge is 0.304 e. The van der Waals surface area contributed by atoms with E-state index in [0.29, 0.717) is 6.54 Å². The lowest BCUT2D eigenvalue weighted by molar-refractivity contribution is -0.136. The highest BCUT2D eigenvalue weighted by molar-refractivity contribution is 6.00. The number of carbonyl (C=O) groups is 2. The minimum atomic E-state index is -0.856. The topological polar surface area (TPSA) is 66.4 Å². The van der Waals surface area contributed by atoms with E-state index in [0.717, 1.165) is 18.4 Å². The average Bonchev–Trinajstić information content (AvgIpc) is 2.45. The minimum Gasteiger partial charge on any atom is -0.481 e. The van der Waals surface area contributed by atoms with Crippen LogP contribution in [0.25, 0.3) is 0 Å². The van der Waals surface area contributed by atoms with E-state index in [9.17, 15) is 9.59 Å². The monoisotopic (exact) mass is 275 g/mol. The first kappa shape index (κ1) is 14.7. The number of aryl methyl sites for hydroxylation is 2. The van der Waals surface area contributed by atoms with Crippen molar-refractivity contribution >= 4 is 11.8 Å². The Labute approximate surface area is 119 Å². The molecular weight excluding hydrogens is 254 g/mol. The molecule has 0 saturated heterocycles. The Kier molecular flexibility index (Phi) is 4.90. The summed E-state index contributed by atoms with van der Waals surface area (Å²) in [5.74, 6) is -0.824. The Balaban J connectivity index is 1.99. The Hall–Kier alpha value is -1.68. The maximum atomic E-state index is 12.3. The fourth-order valence-corrected chi connectivity index (χ4v) is 2.63. The van der Waals surface area contributed by atoms with Crippen LogP contribution in [0, 0.1) is 0 Å². The van der Waals surface area contributed by atoms with Crippen molar-refractivity contribution < 1.29 is 14.7 Å². The molecule has 0 aromatic heterocycles. The Morgan fingerprint density at radius 2 is 1.95 bits per heavy atom. The van der Waals surface area contributed by atoms with Gasteiger partial charge in [-0.1, -0.05) is 12.1 Å². The third-order valence-corrected chi connectivity index (χ3v) is 3.82. The number of Topliss-reactive ketones (excluding diaryl/α,β-unsaturated/α-hetero) is 1. The summed E-state index contributed by atoms with van der Waals surface area (Å²) in [5, 5.41) is 11.6. The number of hydrogen-bond acceptors (Lipinski definition) is 3. The summed E-state index contributed by atoms with van der Waals surface area (Å²) >= 11 is 0. The number of carboxylic acid groups (broad SMARTS) is 1. The van der Waals surface area contributed by atoms with Gasteiger partial charge < -0.3 is 10.4 Å². The van der Waals surface area contributed by atoms with E-state index in [-0.39, 0.29) is 18.2 Å². The summed E-state index contributed by atoms with van der Waals surface area (Å²) in [6, 6.07) is 5.61. The molecule has 0 amide bonds. The second-order valence-corrected chi connectivity index (χ2v) is 5.37. The van der Waals surface area contributed by atoms with Gasteiger partial charge in [0.25, 0.3) is 0 Å². The Morgan fingerprint density at radius 1 is 1.25 bits per heavy atom. The third-order valence-electron chi connectivity index (χ3n) is 3.82. The molecule has 0 saturated carbocycles. The number of carboxylic acids is 1. The number of fused-ring (bicyclic) bond motifs is 1. The van der Waals surface area contributed by atoms with E-state index in [2.05, 4.69) is 11.4 Å². The van der Waals surface area contributed by atoms with E-state index in [1.807, 2.05) is 12.1 Å². The zero-order valence-electron chi connectivity index (χ0n) is 11.8. The summed E-state index contributed by atoms with van der Waals surface area (Å²) in [6.07, 6.45) is 4.61. The predicted molar refractivity (Wildman–Crippen MR) is 77.1 cm³/mol. The van der Waals surface area contributed by atoms with Gasteiger partial charge in [-0.3, -0.25) is 9.59 Å². The van der Waals surface area contributed by atoms with Crippen LogP contribution in [0.1, 0.15) is 47.7 Å². The zero-order valence-corrected chi connectivity index (χ0v) is 11.8. The molecule has 4 heteroatoms. The number of benzene rings is 1. The van der Waals surface area contributed by atoms with Gasteiger partial charge in [-0.2, -0.15) is 0 Å². The predicted octanol–water partition coefficient (Wildman–Crippen LogP) is 2.20. The van der Waals surface area contributed by atoms with Crippen LogP contribution in [-0.4, -0.2) is 29.4 Å². The molecule has 108 valence electrons. The van der Waals surface area contributed by atoms with Crippen molar-refractivity contribution in [3.63, 3.8) is 0 Å². The molecule has 1 aliphatic rings. The van der Waals surface area contributed by atoms with E-state index >= 15 is 0 Å². The van der Waals surface area contributed by atoms with Gasteiger partial charge >= 0.3 is 5.97 Å². The lowest BCUT2D eigenvalue weighted by Crippen LogP contribution is -2.35. The standard InChI is InChI=1S/C16H21NO3/c1-11(17-9-8-15(18)19)16(20)14-7-6-12-4-2-3-5-13(12)10-14/h6-7,10-11,17H,2-5,8-9H2,1H3,(H,18,19). The van der Waals surface area contributed by atoms with Crippen molar-refractivity contribution in [3.05, 3.63) is 34.9 Å². The number of hydrogen-bond donors (Lipinski definition) is 2. The second-order valence-electron chi connectivity index (χ2n) is 5.37. The Bertz CT molecular complexity index is 510. The fourth-order valence-electron chi connectivity index (χ4n) is 2.63. The molecule has 2 N–H and O–H groups in total. The number of rotatable bonds is 6. The van der Waals surface area contributed by atoms with Crippen LogP contribution in [0.3, 0.4) is 0 Å². The van der Waals surface area contributed by atoms with Crippen LogP contribution in [-0.2, 0) is 17.6 Å². The van der Waals surface area contributed by atoms with Gasteiger partial charge in [0, 0.05) is 12.1 Å². The van der Waals surface area contributed by atoms with Gasteiger partial charge in [0.05, 0.1) is 12.5 Å². The summed E-state index contributed by atoms with van der Waals surface area (Å²) < 4.78 is 0. The van der Waals surface area contributed by atoms with Crippen molar-refractivity contribution in [2.75, 3.05) is 6.54 Å². The molecule has 1 aromatic rings. The first-order chi connectivity index (χ1) is 9.58. The molecule has 0 fully saturated rings. The number of carbonyl (C=O) groups excluding carboxylic acids is 1. The molecule has 0 heterocycles. The molecule has 0 bridgehead atoms. The highest BCUT2D eigenvalue weighted by Crippen LogP contribution is 2.22. The van der Waals surface area contributed by atoms with Gasteiger partial charge in [0.2, 0.25) is 0 Å². The number of aliphatic carboxylic acids is 1. The van der Waals surface area contributed by atoms with Crippen LogP contribution >= 0.6 is 0 Å². The van der Waals surface area contributed by atoms with Crippen molar-refractivity contribution in [3.8, 4) is 0 Å². The maximum absolute atomic E-state index is 12.3. The van der Waals surface area contributed by atoms with Crippen LogP contribution in [0.5, 0.6) is 0 Å². The summed E-state index contributed by atoms with van der Waals surface area (Å²) in [4.78, 5) is 22.8. The first-order valence-electron chi connectivity index (χ1n) is 7.19. The quantitative estimate of drug-likeness (QED) is 0.781. The van der Waals surface area contributed by atoms with E-state index in [1.54, 1.807) is 6.92 Å². The third kappa shape index (κ3) is 3.67. The zero-order chi connectivity index (χ0) is 14.5. The average molecular weight is 275 g/mol. The van der Waals surface area contributed by atoms with Crippen molar-refractivity contribution in [2.24, 2.45) is 0 Å². The van der Waals surface area contributed by atoms with Crippen molar-refractivity contribution in [2.45, 2.75) is 45.1 Å². The van der Waals surface area contributed by atoms with Gasteiger partial charge in [0.15, 0.2) is 5.78 Å². The van der Waals surface area contributed by atoms with E-state index < -0.39 is 5.97 Å².